The number of aliphatic imine (C=N–C) groups is 1. The molecule has 0 aliphatic heterocycles. The summed E-state index contributed by atoms with van der Waals surface area (Å²) in [5, 5.41) is 10.5. The third kappa shape index (κ3) is 5.67. The molecule has 0 saturated carbocycles. The zero-order chi connectivity index (χ0) is 18.9. The molecule has 140 valence electrons. The van der Waals surface area contributed by atoms with Crippen LogP contribution in [0.3, 0.4) is 0 Å². The van der Waals surface area contributed by atoms with Gasteiger partial charge in [0, 0.05) is 24.7 Å². The minimum atomic E-state index is -0.215. The molecule has 2 N–H and O–H groups in total. The first-order valence-electron chi connectivity index (χ1n) is 9.02. The van der Waals surface area contributed by atoms with Crippen LogP contribution in [0.15, 0.2) is 70.2 Å². The lowest BCUT2D eigenvalue weighted by atomic mass is 10.1. The van der Waals surface area contributed by atoms with Crippen molar-refractivity contribution in [3.8, 4) is 11.3 Å². The van der Waals surface area contributed by atoms with Gasteiger partial charge in [0.05, 0.1) is 6.54 Å². The lowest BCUT2D eigenvalue weighted by molar-refractivity contribution is 0.424. The predicted octanol–water partition coefficient (Wildman–Crippen LogP) is 3.78. The topological polar surface area (TPSA) is 62.5 Å². The van der Waals surface area contributed by atoms with Crippen LogP contribution in [-0.2, 0) is 13.0 Å². The standard InChI is InChI=1S/C21H23FN4O/c1-2-23-21(24-12-11-16-7-6-10-18(22)13-16)25-15-19-14-20(27-26-19)17-8-4-3-5-9-17/h3-10,13-14H,2,11-12,15H2,1H3,(H2,23,24,25). The van der Waals surface area contributed by atoms with Gasteiger partial charge in [0.1, 0.15) is 11.5 Å². The second-order valence-corrected chi connectivity index (χ2v) is 6.05. The van der Waals surface area contributed by atoms with E-state index in [0.29, 0.717) is 25.5 Å². The molecule has 0 atom stereocenters. The third-order valence-electron chi connectivity index (χ3n) is 3.96. The van der Waals surface area contributed by atoms with Gasteiger partial charge in [-0.05, 0) is 31.0 Å². The molecule has 0 spiro atoms. The highest BCUT2D eigenvalue weighted by Crippen LogP contribution is 2.19. The molecule has 6 heteroatoms. The van der Waals surface area contributed by atoms with E-state index in [-0.39, 0.29) is 5.82 Å². The Morgan fingerprint density at radius 2 is 1.93 bits per heavy atom. The van der Waals surface area contributed by atoms with Crippen LogP contribution >= 0.6 is 0 Å². The van der Waals surface area contributed by atoms with E-state index in [4.69, 9.17) is 4.52 Å². The van der Waals surface area contributed by atoms with Gasteiger partial charge in [-0.3, -0.25) is 0 Å². The molecule has 1 aromatic heterocycles. The Morgan fingerprint density at radius 3 is 2.70 bits per heavy atom. The fraction of sp³-hybridized carbons (Fsp3) is 0.238. The molecule has 1 heterocycles. The molecular formula is C21H23FN4O. The van der Waals surface area contributed by atoms with Crippen molar-refractivity contribution in [3.05, 3.63) is 77.7 Å². The summed E-state index contributed by atoms with van der Waals surface area (Å²) in [4.78, 5) is 4.54. The Morgan fingerprint density at radius 1 is 1.07 bits per heavy atom. The van der Waals surface area contributed by atoms with Crippen molar-refractivity contribution >= 4 is 5.96 Å². The number of benzene rings is 2. The monoisotopic (exact) mass is 366 g/mol. The van der Waals surface area contributed by atoms with E-state index >= 15 is 0 Å². The quantitative estimate of drug-likeness (QED) is 0.493. The fourth-order valence-corrected chi connectivity index (χ4v) is 2.64. The molecule has 27 heavy (non-hydrogen) atoms. The molecule has 0 bridgehead atoms. The van der Waals surface area contributed by atoms with Gasteiger partial charge < -0.3 is 15.2 Å². The van der Waals surface area contributed by atoms with Crippen LogP contribution in [0.25, 0.3) is 11.3 Å². The minimum absolute atomic E-state index is 0.215. The molecule has 0 radical (unpaired) electrons. The summed E-state index contributed by atoms with van der Waals surface area (Å²) in [6.45, 7) is 3.82. The highest BCUT2D eigenvalue weighted by atomic mass is 19.1. The highest BCUT2D eigenvalue weighted by molar-refractivity contribution is 5.79. The number of halogens is 1. The fourth-order valence-electron chi connectivity index (χ4n) is 2.64. The van der Waals surface area contributed by atoms with Gasteiger partial charge in [0.2, 0.25) is 0 Å². The number of hydrogen-bond acceptors (Lipinski definition) is 3. The molecule has 2 aromatic carbocycles. The summed E-state index contributed by atoms with van der Waals surface area (Å²) < 4.78 is 18.6. The Labute approximate surface area is 158 Å². The van der Waals surface area contributed by atoms with E-state index in [0.717, 1.165) is 29.1 Å². The van der Waals surface area contributed by atoms with E-state index in [1.807, 2.05) is 49.4 Å². The number of aromatic nitrogens is 1. The van der Waals surface area contributed by atoms with Crippen molar-refractivity contribution in [3.63, 3.8) is 0 Å². The van der Waals surface area contributed by atoms with Crippen LogP contribution in [0, 0.1) is 5.82 Å². The van der Waals surface area contributed by atoms with Gasteiger partial charge in [0.15, 0.2) is 11.7 Å². The zero-order valence-corrected chi connectivity index (χ0v) is 15.3. The van der Waals surface area contributed by atoms with E-state index in [1.54, 1.807) is 12.1 Å². The average molecular weight is 366 g/mol. The van der Waals surface area contributed by atoms with Crippen molar-refractivity contribution in [2.45, 2.75) is 19.9 Å². The molecule has 0 saturated heterocycles. The molecule has 3 rings (SSSR count). The third-order valence-corrected chi connectivity index (χ3v) is 3.96. The molecule has 0 fully saturated rings. The summed E-state index contributed by atoms with van der Waals surface area (Å²) in [5.41, 5.74) is 2.69. The van der Waals surface area contributed by atoms with Crippen molar-refractivity contribution in [1.29, 1.82) is 0 Å². The summed E-state index contributed by atoms with van der Waals surface area (Å²) in [6, 6.07) is 18.4. The summed E-state index contributed by atoms with van der Waals surface area (Å²) in [5.74, 6) is 1.20. The molecule has 0 amide bonds. The van der Waals surface area contributed by atoms with Crippen molar-refractivity contribution in [1.82, 2.24) is 15.8 Å². The summed E-state index contributed by atoms with van der Waals surface area (Å²) >= 11 is 0. The number of nitrogens with one attached hydrogen (secondary N) is 2. The first-order valence-corrected chi connectivity index (χ1v) is 9.02. The van der Waals surface area contributed by atoms with Crippen molar-refractivity contribution in [2.24, 2.45) is 4.99 Å². The Bertz CT molecular complexity index is 877. The van der Waals surface area contributed by atoms with Crippen LogP contribution in [0.5, 0.6) is 0 Å². The SMILES string of the molecule is CCNC(=NCc1cc(-c2ccccc2)on1)NCCc1cccc(F)c1. The maximum absolute atomic E-state index is 13.2. The normalized spacial score (nSPS) is 11.4. The van der Waals surface area contributed by atoms with E-state index in [9.17, 15) is 4.39 Å². The van der Waals surface area contributed by atoms with Gasteiger partial charge in [-0.15, -0.1) is 0 Å². The molecule has 0 aliphatic rings. The molecule has 5 nitrogen and oxygen atoms in total. The summed E-state index contributed by atoms with van der Waals surface area (Å²) in [7, 11) is 0. The van der Waals surface area contributed by atoms with Gasteiger partial charge >= 0.3 is 0 Å². The highest BCUT2D eigenvalue weighted by Gasteiger charge is 2.06. The lowest BCUT2D eigenvalue weighted by Crippen LogP contribution is -2.38. The summed E-state index contributed by atoms with van der Waals surface area (Å²) in [6.07, 6.45) is 0.713. The predicted molar refractivity (Wildman–Crippen MR) is 105 cm³/mol. The molecule has 0 unspecified atom stereocenters. The van der Waals surface area contributed by atoms with E-state index in [2.05, 4.69) is 20.8 Å². The van der Waals surface area contributed by atoms with Crippen LogP contribution < -0.4 is 10.6 Å². The second kappa shape index (κ2) is 9.52. The average Bonchev–Trinajstić information content (AvgIpc) is 3.16. The van der Waals surface area contributed by atoms with Crippen LogP contribution in [0.1, 0.15) is 18.2 Å². The first kappa shape index (κ1) is 18.6. The van der Waals surface area contributed by atoms with E-state index in [1.165, 1.54) is 6.07 Å². The number of guanidine groups is 1. The maximum Gasteiger partial charge on any atom is 0.191 e. The van der Waals surface area contributed by atoms with Crippen molar-refractivity contribution < 1.29 is 8.91 Å². The number of nitrogens with zero attached hydrogens (tertiary/aromatic N) is 2. The van der Waals surface area contributed by atoms with Gasteiger partial charge in [-0.25, -0.2) is 9.38 Å². The van der Waals surface area contributed by atoms with Crippen LogP contribution in [0.4, 0.5) is 4.39 Å². The van der Waals surface area contributed by atoms with E-state index < -0.39 is 0 Å². The van der Waals surface area contributed by atoms with Crippen LogP contribution in [-0.4, -0.2) is 24.2 Å². The minimum Gasteiger partial charge on any atom is -0.357 e. The van der Waals surface area contributed by atoms with Crippen molar-refractivity contribution in [2.75, 3.05) is 13.1 Å². The molecule has 3 aromatic rings. The van der Waals surface area contributed by atoms with Crippen LogP contribution in [0.2, 0.25) is 0 Å². The smallest absolute Gasteiger partial charge is 0.191 e. The van der Waals surface area contributed by atoms with Gasteiger partial charge in [-0.2, -0.15) is 0 Å². The number of hydrogen-bond donors (Lipinski definition) is 2. The van der Waals surface area contributed by atoms with Gasteiger partial charge in [0.25, 0.3) is 0 Å². The lowest BCUT2D eigenvalue weighted by Gasteiger charge is -2.11. The van der Waals surface area contributed by atoms with Gasteiger partial charge in [-0.1, -0.05) is 47.6 Å². The largest absolute Gasteiger partial charge is 0.357 e. The Kier molecular flexibility index (Phi) is 6.57. The number of rotatable bonds is 7. The Hall–Kier alpha value is -3.15. The second-order valence-electron chi connectivity index (χ2n) is 6.05. The Balaban J connectivity index is 1.56. The first-order chi connectivity index (χ1) is 13.2. The molecular weight excluding hydrogens is 343 g/mol. The molecule has 0 aliphatic carbocycles. The zero-order valence-electron chi connectivity index (χ0n) is 15.3. The maximum atomic E-state index is 13.2.